The van der Waals surface area contributed by atoms with Crippen LogP contribution in [0, 0.1) is 17.2 Å². The molecule has 0 aliphatic carbocycles. The molecule has 0 radical (unpaired) electrons. The number of ether oxygens (including phenoxy) is 2. The van der Waals surface area contributed by atoms with Crippen molar-refractivity contribution in [3.8, 4) is 6.07 Å². The molecule has 0 saturated carbocycles. The standard InChI is InChI=1S/C26H31N3O4/c1-19(2)18-23(25(30)28-13-12-27)33-24(20-6-4-3-5-7-20)21-8-10-22(11-9-21)26(31)29-14-16-32-17-15-29/h3-11,19,23-24H,13-18H2,1-2H3,(H,28,30)/t23-,24?/m0/s1. The van der Waals surface area contributed by atoms with Gasteiger partial charge in [-0.05, 0) is 35.6 Å². The molecule has 2 atom stereocenters. The van der Waals surface area contributed by atoms with Gasteiger partial charge in [-0.3, -0.25) is 9.59 Å². The van der Waals surface area contributed by atoms with Gasteiger partial charge in [0.05, 0.1) is 19.3 Å². The second-order valence-electron chi connectivity index (χ2n) is 8.45. The van der Waals surface area contributed by atoms with Crippen LogP contribution in [-0.2, 0) is 14.3 Å². The fourth-order valence-corrected chi connectivity index (χ4v) is 3.78. The predicted molar refractivity (Wildman–Crippen MR) is 124 cm³/mol. The van der Waals surface area contributed by atoms with Crippen LogP contribution in [0.3, 0.4) is 0 Å². The topological polar surface area (TPSA) is 91.7 Å². The zero-order valence-corrected chi connectivity index (χ0v) is 19.2. The Labute approximate surface area is 195 Å². The molecule has 2 aromatic carbocycles. The van der Waals surface area contributed by atoms with Crippen molar-refractivity contribution in [2.75, 3.05) is 32.8 Å². The molecule has 3 rings (SSSR count). The van der Waals surface area contributed by atoms with Gasteiger partial charge >= 0.3 is 0 Å². The predicted octanol–water partition coefficient (Wildman–Crippen LogP) is 3.32. The van der Waals surface area contributed by atoms with Crippen LogP contribution in [-0.4, -0.2) is 55.7 Å². The highest BCUT2D eigenvalue weighted by Gasteiger charge is 2.27. The zero-order chi connectivity index (χ0) is 23.6. The molecule has 7 heteroatoms. The van der Waals surface area contributed by atoms with E-state index in [1.807, 2.05) is 62.4 Å². The Morgan fingerprint density at radius 1 is 1.06 bits per heavy atom. The third-order valence-corrected chi connectivity index (χ3v) is 5.48. The minimum Gasteiger partial charge on any atom is -0.378 e. The van der Waals surface area contributed by atoms with E-state index in [1.165, 1.54) is 0 Å². The minimum absolute atomic E-state index is 0.0180. The van der Waals surface area contributed by atoms with Crippen LogP contribution in [0.5, 0.6) is 0 Å². The van der Waals surface area contributed by atoms with Crippen molar-refractivity contribution in [2.24, 2.45) is 5.92 Å². The molecular weight excluding hydrogens is 418 g/mol. The molecule has 1 aliphatic heterocycles. The summed E-state index contributed by atoms with van der Waals surface area (Å²) in [5.74, 6) is -0.0892. The molecule has 1 heterocycles. The molecule has 1 saturated heterocycles. The van der Waals surface area contributed by atoms with Gasteiger partial charge in [-0.2, -0.15) is 5.26 Å². The highest BCUT2D eigenvalue weighted by molar-refractivity contribution is 5.94. The fraction of sp³-hybridized carbons (Fsp3) is 0.423. The number of hydrogen-bond donors (Lipinski definition) is 1. The maximum atomic E-state index is 12.8. The van der Waals surface area contributed by atoms with Gasteiger partial charge < -0.3 is 19.7 Å². The molecule has 0 aromatic heterocycles. The smallest absolute Gasteiger partial charge is 0.254 e. The van der Waals surface area contributed by atoms with Crippen molar-refractivity contribution < 1.29 is 19.1 Å². The first-order valence-electron chi connectivity index (χ1n) is 11.3. The van der Waals surface area contributed by atoms with E-state index in [4.69, 9.17) is 14.7 Å². The maximum Gasteiger partial charge on any atom is 0.254 e. The summed E-state index contributed by atoms with van der Waals surface area (Å²) >= 11 is 0. The summed E-state index contributed by atoms with van der Waals surface area (Å²) in [6.07, 6.45) is -0.678. The molecule has 0 spiro atoms. The number of nitriles is 1. The van der Waals surface area contributed by atoms with Gasteiger partial charge in [0.25, 0.3) is 5.91 Å². The summed E-state index contributed by atoms with van der Waals surface area (Å²) in [6, 6.07) is 19.0. The summed E-state index contributed by atoms with van der Waals surface area (Å²) in [4.78, 5) is 27.3. The number of carbonyl (C=O) groups excluding carboxylic acids is 2. The lowest BCUT2D eigenvalue weighted by Crippen LogP contribution is -2.40. The SMILES string of the molecule is CC(C)C[C@H](OC(c1ccccc1)c1ccc(C(=O)N2CCOCC2)cc1)C(=O)NCC#N. The lowest BCUT2D eigenvalue weighted by atomic mass is 9.98. The van der Waals surface area contributed by atoms with Crippen molar-refractivity contribution in [1.82, 2.24) is 10.2 Å². The van der Waals surface area contributed by atoms with Crippen LogP contribution >= 0.6 is 0 Å². The summed E-state index contributed by atoms with van der Waals surface area (Å²) in [5, 5.41) is 11.5. The quantitative estimate of drug-likeness (QED) is 0.593. The van der Waals surface area contributed by atoms with E-state index in [9.17, 15) is 9.59 Å². The minimum atomic E-state index is -0.710. The van der Waals surface area contributed by atoms with Gasteiger partial charge in [0.15, 0.2) is 0 Å². The van der Waals surface area contributed by atoms with E-state index in [0.29, 0.717) is 38.3 Å². The molecule has 1 aliphatic rings. The van der Waals surface area contributed by atoms with Crippen molar-refractivity contribution in [3.63, 3.8) is 0 Å². The van der Waals surface area contributed by atoms with Crippen LogP contribution in [0.1, 0.15) is 47.9 Å². The summed E-state index contributed by atoms with van der Waals surface area (Å²) in [5.41, 5.74) is 2.37. The normalized spacial score (nSPS) is 15.5. The third kappa shape index (κ3) is 6.88. The molecule has 2 amide bonds. The van der Waals surface area contributed by atoms with E-state index in [1.54, 1.807) is 17.0 Å². The number of nitrogens with one attached hydrogen (secondary N) is 1. The molecule has 33 heavy (non-hydrogen) atoms. The first kappa shape index (κ1) is 24.4. The van der Waals surface area contributed by atoms with Gasteiger partial charge in [0.1, 0.15) is 18.8 Å². The lowest BCUT2D eigenvalue weighted by Gasteiger charge is -2.28. The zero-order valence-electron chi connectivity index (χ0n) is 19.2. The number of carbonyl (C=O) groups is 2. The largest absolute Gasteiger partial charge is 0.378 e. The monoisotopic (exact) mass is 449 g/mol. The van der Waals surface area contributed by atoms with E-state index in [-0.39, 0.29) is 24.3 Å². The Morgan fingerprint density at radius 3 is 2.30 bits per heavy atom. The number of nitrogens with zero attached hydrogens (tertiary/aromatic N) is 2. The Bertz CT molecular complexity index is 948. The third-order valence-electron chi connectivity index (χ3n) is 5.48. The molecule has 7 nitrogen and oxygen atoms in total. The highest BCUT2D eigenvalue weighted by Crippen LogP contribution is 2.29. The van der Waals surface area contributed by atoms with Crippen molar-refractivity contribution in [1.29, 1.82) is 5.26 Å². The molecule has 0 bridgehead atoms. The van der Waals surface area contributed by atoms with E-state index in [0.717, 1.165) is 11.1 Å². The Balaban J connectivity index is 1.85. The number of hydrogen-bond acceptors (Lipinski definition) is 5. The van der Waals surface area contributed by atoms with Crippen LogP contribution < -0.4 is 5.32 Å². The number of amides is 2. The van der Waals surface area contributed by atoms with Crippen LogP contribution in [0.2, 0.25) is 0 Å². The summed E-state index contributed by atoms with van der Waals surface area (Å²) < 4.78 is 11.7. The first-order valence-corrected chi connectivity index (χ1v) is 11.3. The van der Waals surface area contributed by atoms with Crippen molar-refractivity contribution >= 4 is 11.8 Å². The molecule has 2 aromatic rings. The second kappa shape index (κ2) is 12.1. The van der Waals surface area contributed by atoms with Crippen LogP contribution in [0.15, 0.2) is 54.6 Å². The Hall–Kier alpha value is -3.21. The number of morpholine rings is 1. The van der Waals surface area contributed by atoms with E-state index >= 15 is 0 Å². The van der Waals surface area contributed by atoms with E-state index < -0.39 is 12.2 Å². The second-order valence-corrected chi connectivity index (χ2v) is 8.45. The molecule has 174 valence electrons. The van der Waals surface area contributed by atoms with Crippen molar-refractivity contribution in [2.45, 2.75) is 32.5 Å². The van der Waals surface area contributed by atoms with Gasteiger partial charge in [-0.15, -0.1) is 0 Å². The first-order chi connectivity index (χ1) is 16.0. The molecule has 1 N–H and O–H groups in total. The van der Waals surface area contributed by atoms with Gasteiger partial charge in [-0.1, -0.05) is 56.3 Å². The average Bonchev–Trinajstić information content (AvgIpc) is 2.85. The highest BCUT2D eigenvalue weighted by atomic mass is 16.5. The van der Waals surface area contributed by atoms with Crippen LogP contribution in [0.25, 0.3) is 0 Å². The average molecular weight is 450 g/mol. The molecule has 1 fully saturated rings. The van der Waals surface area contributed by atoms with Crippen molar-refractivity contribution in [3.05, 3.63) is 71.3 Å². The molecule has 1 unspecified atom stereocenters. The fourth-order valence-electron chi connectivity index (χ4n) is 3.78. The lowest BCUT2D eigenvalue weighted by molar-refractivity contribution is -0.136. The van der Waals surface area contributed by atoms with Crippen LogP contribution in [0.4, 0.5) is 0 Å². The van der Waals surface area contributed by atoms with E-state index in [2.05, 4.69) is 5.32 Å². The summed E-state index contributed by atoms with van der Waals surface area (Å²) in [7, 11) is 0. The van der Waals surface area contributed by atoms with Gasteiger partial charge in [0, 0.05) is 18.7 Å². The Kier molecular flexibility index (Phi) is 8.99. The van der Waals surface area contributed by atoms with Gasteiger partial charge in [-0.25, -0.2) is 0 Å². The maximum absolute atomic E-state index is 12.8. The molecular formula is C26H31N3O4. The summed E-state index contributed by atoms with van der Waals surface area (Å²) in [6.45, 7) is 6.27. The number of benzene rings is 2. The Morgan fingerprint density at radius 2 is 1.70 bits per heavy atom. The van der Waals surface area contributed by atoms with Gasteiger partial charge in [0.2, 0.25) is 5.91 Å². The number of rotatable bonds is 9.